The highest BCUT2D eigenvalue weighted by atomic mass is 32.2. The molecular formula is C9H8NO3S. The van der Waals surface area contributed by atoms with Gasteiger partial charge in [0.2, 0.25) is 6.29 Å². The van der Waals surface area contributed by atoms with Gasteiger partial charge in [0, 0.05) is 17.9 Å². The number of hydrogen-bond donors (Lipinski definition) is 0. The van der Waals surface area contributed by atoms with Gasteiger partial charge in [0.1, 0.15) is 0 Å². The standard InChI is InChI=1S/C9H8NO3S/c11-5-6-14-7-8-1-3-9(4-2-8)10(12)13/h1-4H,6-7H2. The molecule has 14 heavy (non-hydrogen) atoms. The van der Waals surface area contributed by atoms with Crippen molar-refractivity contribution >= 4 is 23.7 Å². The molecule has 0 bridgehead atoms. The third-order valence-corrected chi connectivity index (χ3v) is 2.44. The Morgan fingerprint density at radius 2 is 2.00 bits per heavy atom. The first-order valence-electron chi connectivity index (χ1n) is 3.90. The summed E-state index contributed by atoms with van der Waals surface area (Å²) < 4.78 is 0. The fraction of sp³-hybridized carbons (Fsp3) is 0.222. The van der Waals surface area contributed by atoms with Gasteiger partial charge in [0.15, 0.2) is 0 Å². The van der Waals surface area contributed by atoms with Crippen LogP contribution in [0.4, 0.5) is 5.69 Å². The second kappa shape index (κ2) is 5.39. The third-order valence-electron chi connectivity index (χ3n) is 1.58. The average Bonchev–Trinajstić information content (AvgIpc) is 2.19. The molecule has 0 fully saturated rings. The molecule has 73 valence electrons. The van der Waals surface area contributed by atoms with Crippen molar-refractivity contribution < 1.29 is 9.72 Å². The molecule has 0 saturated carbocycles. The van der Waals surface area contributed by atoms with Gasteiger partial charge < -0.3 is 0 Å². The Balaban J connectivity index is 2.55. The fourth-order valence-corrected chi connectivity index (χ4v) is 1.54. The molecule has 0 aliphatic carbocycles. The minimum atomic E-state index is -0.434. The molecule has 0 atom stereocenters. The summed E-state index contributed by atoms with van der Waals surface area (Å²) in [6.07, 6.45) is 1.77. The van der Waals surface area contributed by atoms with Crippen LogP contribution in [0.5, 0.6) is 0 Å². The van der Waals surface area contributed by atoms with E-state index < -0.39 is 4.92 Å². The number of nitro groups is 1. The van der Waals surface area contributed by atoms with Crippen LogP contribution in [-0.4, -0.2) is 17.0 Å². The van der Waals surface area contributed by atoms with Crippen LogP contribution >= 0.6 is 11.8 Å². The summed E-state index contributed by atoms with van der Waals surface area (Å²) in [4.78, 5) is 19.8. The molecule has 1 rings (SSSR count). The van der Waals surface area contributed by atoms with Crippen LogP contribution in [0, 0.1) is 10.1 Å². The monoisotopic (exact) mass is 210 g/mol. The van der Waals surface area contributed by atoms with Crippen LogP contribution in [0.2, 0.25) is 0 Å². The van der Waals surface area contributed by atoms with Crippen molar-refractivity contribution in [3.63, 3.8) is 0 Å². The van der Waals surface area contributed by atoms with E-state index in [1.807, 2.05) is 0 Å². The largest absolute Gasteiger partial charge is 0.290 e. The first-order valence-corrected chi connectivity index (χ1v) is 5.05. The highest BCUT2D eigenvalue weighted by molar-refractivity contribution is 7.99. The molecule has 1 aromatic rings. The lowest BCUT2D eigenvalue weighted by molar-refractivity contribution is -0.384. The Labute approximate surface area is 85.5 Å². The van der Waals surface area contributed by atoms with E-state index in [0.717, 1.165) is 5.56 Å². The van der Waals surface area contributed by atoms with Crippen LogP contribution in [0.25, 0.3) is 0 Å². The van der Waals surface area contributed by atoms with Gasteiger partial charge in [-0.3, -0.25) is 14.9 Å². The maximum Gasteiger partial charge on any atom is 0.269 e. The number of nitrogens with zero attached hydrogens (tertiary/aromatic N) is 1. The SMILES string of the molecule is O=[C]CSCc1ccc([N+](=O)[O-])cc1. The van der Waals surface area contributed by atoms with Crippen LogP contribution < -0.4 is 0 Å². The van der Waals surface area contributed by atoms with Gasteiger partial charge >= 0.3 is 0 Å². The van der Waals surface area contributed by atoms with Gasteiger partial charge in [0.25, 0.3) is 5.69 Å². The van der Waals surface area contributed by atoms with E-state index in [4.69, 9.17) is 0 Å². The summed E-state index contributed by atoms with van der Waals surface area (Å²) in [6.45, 7) is 0. The Morgan fingerprint density at radius 3 is 2.50 bits per heavy atom. The Kier molecular flexibility index (Phi) is 4.12. The summed E-state index contributed by atoms with van der Waals surface area (Å²) in [5.74, 6) is 1.00. The number of hydrogen-bond acceptors (Lipinski definition) is 4. The highest BCUT2D eigenvalue weighted by Crippen LogP contribution is 2.15. The van der Waals surface area contributed by atoms with Gasteiger partial charge in [-0.05, 0) is 5.56 Å². The predicted molar refractivity (Wildman–Crippen MR) is 55.0 cm³/mol. The summed E-state index contributed by atoms with van der Waals surface area (Å²) >= 11 is 1.43. The maximum absolute atomic E-state index is 10.3. The molecule has 0 aromatic heterocycles. The molecule has 0 aliphatic heterocycles. The first kappa shape index (κ1) is 10.7. The lowest BCUT2D eigenvalue weighted by Crippen LogP contribution is -1.88. The van der Waals surface area contributed by atoms with Crippen molar-refractivity contribution in [3.8, 4) is 0 Å². The van der Waals surface area contributed by atoms with Crippen LogP contribution in [0.15, 0.2) is 24.3 Å². The maximum atomic E-state index is 10.3. The van der Waals surface area contributed by atoms with Crippen molar-refractivity contribution in [2.45, 2.75) is 5.75 Å². The third kappa shape index (κ3) is 3.18. The molecule has 5 heteroatoms. The molecule has 0 spiro atoms. The molecular weight excluding hydrogens is 202 g/mol. The second-order valence-electron chi connectivity index (χ2n) is 2.56. The Hall–Kier alpha value is -1.36. The zero-order chi connectivity index (χ0) is 10.4. The Bertz CT molecular complexity index is 323. The normalized spacial score (nSPS) is 9.71. The average molecular weight is 210 g/mol. The minimum Gasteiger partial charge on any atom is -0.290 e. The van der Waals surface area contributed by atoms with E-state index >= 15 is 0 Å². The van der Waals surface area contributed by atoms with E-state index in [1.165, 1.54) is 23.9 Å². The number of non-ortho nitro benzene ring substituents is 1. The van der Waals surface area contributed by atoms with Crippen molar-refractivity contribution in [1.29, 1.82) is 0 Å². The van der Waals surface area contributed by atoms with Crippen LogP contribution in [0.1, 0.15) is 5.56 Å². The van der Waals surface area contributed by atoms with E-state index in [2.05, 4.69) is 0 Å². The molecule has 0 heterocycles. The lowest BCUT2D eigenvalue weighted by atomic mass is 10.2. The number of rotatable bonds is 5. The van der Waals surface area contributed by atoms with Gasteiger partial charge in [-0.1, -0.05) is 12.1 Å². The molecule has 1 aromatic carbocycles. The number of nitro benzene ring substituents is 1. The molecule has 0 N–H and O–H groups in total. The summed E-state index contributed by atoms with van der Waals surface area (Å²) in [7, 11) is 0. The molecule has 1 radical (unpaired) electrons. The number of thioether (sulfide) groups is 1. The highest BCUT2D eigenvalue weighted by Gasteiger charge is 2.03. The quantitative estimate of drug-likeness (QED) is 0.423. The zero-order valence-electron chi connectivity index (χ0n) is 7.30. The van der Waals surface area contributed by atoms with Crippen molar-refractivity contribution in [2.24, 2.45) is 0 Å². The van der Waals surface area contributed by atoms with E-state index in [1.54, 1.807) is 18.4 Å². The van der Waals surface area contributed by atoms with Gasteiger partial charge in [-0.2, -0.15) is 0 Å². The second-order valence-corrected chi connectivity index (χ2v) is 3.55. The molecule has 0 aliphatic rings. The van der Waals surface area contributed by atoms with E-state index in [0.29, 0.717) is 11.5 Å². The molecule has 4 nitrogen and oxygen atoms in total. The zero-order valence-corrected chi connectivity index (χ0v) is 8.12. The predicted octanol–water partition coefficient (Wildman–Crippen LogP) is 1.94. The molecule has 0 saturated heterocycles. The van der Waals surface area contributed by atoms with Crippen molar-refractivity contribution in [1.82, 2.24) is 0 Å². The van der Waals surface area contributed by atoms with E-state index in [-0.39, 0.29) is 5.69 Å². The van der Waals surface area contributed by atoms with Gasteiger partial charge in [0.05, 0.1) is 10.7 Å². The number of carbonyl (C=O) groups excluding carboxylic acids is 1. The minimum absolute atomic E-state index is 0.0840. The molecule has 0 amide bonds. The van der Waals surface area contributed by atoms with Crippen LogP contribution in [0.3, 0.4) is 0 Å². The number of benzene rings is 1. The summed E-state index contributed by atoms with van der Waals surface area (Å²) in [6, 6.07) is 6.30. The van der Waals surface area contributed by atoms with Gasteiger partial charge in [-0.25, -0.2) is 0 Å². The smallest absolute Gasteiger partial charge is 0.269 e. The summed E-state index contributed by atoms with van der Waals surface area (Å²) in [5, 5.41) is 10.3. The lowest BCUT2D eigenvalue weighted by Gasteiger charge is -1.97. The van der Waals surface area contributed by atoms with Crippen molar-refractivity contribution in [2.75, 3.05) is 5.75 Å². The van der Waals surface area contributed by atoms with Crippen LogP contribution in [-0.2, 0) is 10.5 Å². The van der Waals surface area contributed by atoms with Gasteiger partial charge in [-0.15, -0.1) is 11.8 Å². The topological polar surface area (TPSA) is 60.2 Å². The van der Waals surface area contributed by atoms with Crippen molar-refractivity contribution in [3.05, 3.63) is 39.9 Å². The fourth-order valence-electron chi connectivity index (χ4n) is 0.924. The first-order chi connectivity index (χ1) is 6.74. The summed E-state index contributed by atoms with van der Waals surface area (Å²) in [5.41, 5.74) is 1.05. The van der Waals surface area contributed by atoms with E-state index in [9.17, 15) is 14.9 Å². The Morgan fingerprint density at radius 1 is 1.36 bits per heavy atom. The molecule has 0 unspecified atom stereocenters.